The number of phenolic OH excluding ortho intramolecular Hbond substituents is 1. The molecule has 3 aliphatic rings. The van der Waals surface area contributed by atoms with E-state index in [1.807, 2.05) is 37.5 Å². The van der Waals surface area contributed by atoms with Gasteiger partial charge in [-0.25, -0.2) is 0 Å². The van der Waals surface area contributed by atoms with Crippen LogP contribution >= 0.6 is 0 Å². The molecule has 0 radical (unpaired) electrons. The van der Waals surface area contributed by atoms with Gasteiger partial charge in [0.1, 0.15) is 30.9 Å². The van der Waals surface area contributed by atoms with Crippen LogP contribution in [0, 0.1) is 23.9 Å². The minimum Gasteiger partial charge on any atom is -0.504 e. The van der Waals surface area contributed by atoms with Crippen LogP contribution in [-0.4, -0.2) is 89.1 Å². The van der Waals surface area contributed by atoms with E-state index in [0.29, 0.717) is 23.9 Å². The number of aliphatic imine (C=N–C) groups is 1. The Balaban J connectivity index is 1.35. The third-order valence-corrected chi connectivity index (χ3v) is 9.05. The van der Waals surface area contributed by atoms with Gasteiger partial charge in [-0.2, -0.15) is 0 Å². The molecule has 1 saturated carbocycles. The van der Waals surface area contributed by atoms with Crippen LogP contribution in [0.3, 0.4) is 0 Å². The predicted octanol–water partition coefficient (Wildman–Crippen LogP) is 3.52. The Hall–Kier alpha value is -2.53. The zero-order chi connectivity index (χ0) is 31.5. The zero-order valence-electron chi connectivity index (χ0n) is 26.7. The summed E-state index contributed by atoms with van der Waals surface area (Å²) in [5, 5.41) is 48.0. The quantitative estimate of drug-likeness (QED) is 0.104. The number of aryl methyl sites for hydroxylation is 1. The number of nitrogens with one attached hydrogen (secondary N) is 2. The molecule has 9 heteroatoms. The minimum absolute atomic E-state index is 0.0257. The molecule has 5 unspecified atom stereocenters. The fraction of sp³-hybridized carbons (Fsp3) is 0.629. The molecule has 0 amide bonds. The summed E-state index contributed by atoms with van der Waals surface area (Å²) >= 11 is 0. The summed E-state index contributed by atoms with van der Waals surface area (Å²) in [6.07, 6.45) is 15.0. The van der Waals surface area contributed by atoms with E-state index in [1.165, 1.54) is 12.8 Å². The van der Waals surface area contributed by atoms with Crippen molar-refractivity contribution in [1.82, 2.24) is 10.6 Å². The van der Waals surface area contributed by atoms with Crippen LogP contribution in [0.2, 0.25) is 0 Å². The number of hydrogen-bond donors (Lipinski definition) is 6. The lowest BCUT2D eigenvalue weighted by Gasteiger charge is -2.31. The topological polar surface area (TPSA) is 139 Å². The van der Waals surface area contributed by atoms with E-state index in [9.17, 15) is 20.4 Å². The second-order valence-electron chi connectivity index (χ2n) is 12.6. The highest BCUT2D eigenvalue weighted by Crippen LogP contribution is 2.40. The number of unbranched alkanes of at least 4 members (excludes halogenated alkanes) is 1. The number of likely N-dealkylation sites (N-methyl/N-ethyl adjacent to an activating group) is 1. The number of allylic oxidation sites excluding steroid dienone is 1. The molecule has 1 fully saturated rings. The third-order valence-electron chi connectivity index (χ3n) is 9.05. The Morgan fingerprint density at radius 2 is 2.00 bits per heavy atom. The Morgan fingerprint density at radius 3 is 2.70 bits per heavy atom. The van der Waals surface area contributed by atoms with Gasteiger partial charge < -0.3 is 40.5 Å². The Labute approximate surface area is 263 Å². The fourth-order valence-corrected chi connectivity index (χ4v) is 6.70. The van der Waals surface area contributed by atoms with Crippen molar-refractivity contribution in [2.45, 2.75) is 96.0 Å². The van der Waals surface area contributed by atoms with Crippen LogP contribution in [0.4, 0.5) is 0 Å². The Morgan fingerprint density at radius 1 is 1.20 bits per heavy atom. The predicted molar refractivity (Wildman–Crippen MR) is 175 cm³/mol. The van der Waals surface area contributed by atoms with Crippen molar-refractivity contribution in [3.05, 3.63) is 59.2 Å². The van der Waals surface area contributed by atoms with Gasteiger partial charge in [0.15, 0.2) is 17.6 Å². The van der Waals surface area contributed by atoms with Crippen molar-refractivity contribution in [2.75, 3.05) is 33.4 Å². The number of aromatic hydroxyl groups is 1. The average molecular weight is 613 g/mol. The molecule has 0 bridgehead atoms. The molecule has 2 aliphatic heterocycles. The highest BCUT2D eigenvalue weighted by Gasteiger charge is 2.43. The van der Waals surface area contributed by atoms with Gasteiger partial charge in [-0.1, -0.05) is 32.3 Å². The number of ether oxygens (including phenoxy) is 2. The van der Waals surface area contributed by atoms with Gasteiger partial charge in [0.05, 0.1) is 18.1 Å². The normalized spacial score (nSPS) is 21.5. The van der Waals surface area contributed by atoms with E-state index in [1.54, 1.807) is 13.0 Å². The second-order valence-corrected chi connectivity index (χ2v) is 12.6. The van der Waals surface area contributed by atoms with E-state index in [2.05, 4.69) is 22.5 Å². The van der Waals surface area contributed by atoms with Crippen molar-refractivity contribution in [1.29, 1.82) is 0 Å². The number of hydrogen-bond acceptors (Lipinski definition) is 8. The van der Waals surface area contributed by atoms with Crippen molar-refractivity contribution < 1.29 is 29.9 Å². The molecule has 244 valence electrons. The Kier molecular flexibility index (Phi) is 13.5. The maximum Gasteiger partial charge on any atom is 0.207 e. The first-order chi connectivity index (χ1) is 21.3. The van der Waals surface area contributed by atoms with Crippen LogP contribution in [-0.2, 0) is 6.42 Å². The molecule has 44 heavy (non-hydrogen) atoms. The molecular weight excluding hydrogens is 558 g/mol. The molecule has 9 nitrogen and oxygen atoms in total. The largest absolute Gasteiger partial charge is 0.504 e. The number of nitrogens with zero attached hydrogens (tertiary/aromatic N) is 1. The van der Waals surface area contributed by atoms with Crippen molar-refractivity contribution >= 4 is 6.21 Å². The van der Waals surface area contributed by atoms with Gasteiger partial charge in [0.25, 0.3) is 0 Å². The molecule has 0 aromatic heterocycles. The van der Waals surface area contributed by atoms with E-state index >= 15 is 0 Å². The highest BCUT2D eigenvalue weighted by molar-refractivity contribution is 5.83. The summed E-state index contributed by atoms with van der Waals surface area (Å²) < 4.78 is 10.7. The van der Waals surface area contributed by atoms with E-state index < -0.39 is 12.2 Å². The monoisotopic (exact) mass is 612 g/mol. The van der Waals surface area contributed by atoms with Crippen LogP contribution in [0.15, 0.2) is 46.6 Å². The molecule has 2 heterocycles. The summed E-state index contributed by atoms with van der Waals surface area (Å²) in [6, 6.07) is 5.45. The number of phenols is 1. The molecule has 0 saturated heterocycles. The van der Waals surface area contributed by atoms with Crippen LogP contribution < -0.4 is 15.4 Å². The molecule has 0 spiro atoms. The summed E-state index contributed by atoms with van der Waals surface area (Å²) in [4.78, 5) is 4.58. The van der Waals surface area contributed by atoms with Gasteiger partial charge in [-0.15, -0.1) is 16.6 Å². The van der Waals surface area contributed by atoms with E-state index in [-0.39, 0.29) is 37.0 Å². The molecule has 7 N–H and O–H groups in total. The van der Waals surface area contributed by atoms with Gasteiger partial charge in [0.2, 0.25) is 5.70 Å². The first-order valence-corrected chi connectivity index (χ1v) is 16.5. The third kappa shape index (κ3) is 9.49. The van der Waals surface area contributed by atoms with E-state index in [0.717, 1.165) is 74.6 Å². The minimum atomic E-state index is -0.945. The Bertz CT molecular complexity index is 1120. The number of aliphatic hydroxyl groups excluding tert-OH is 3. The maximum atomic E-state index is 11.0. The molecule has 1 aromatic carbocycles. The van der Waals surface area contributed by atoms with Gasteiger partial charge in [-0.3, -0.25) is 0 Å². The van der Waals surface area contributed by atoms with Crippen LogP contribution in [0.25, 0.3) is 0 Å². The van der Waals surface area contributed by atoms with Crippen molar-refractivity contribution in [2.24, 2.45) is 16.8 Å². The standard InChI is InChI=1S/C35H53N3O6/c1-4-5-10-33-27(21-39)16-28(44-33)13-11-24-12-14-31(41)34(15-24)43-22-32(42)29-17-26(19-38-29)35(25-8-6-7-9-25)30(20-36-3)37-18-23(2)40/h12,14-17,19,23,25,30,32-33,35-37,39-40,42,44H,4-11,13,18,20-22H2,1-3H3/p+1. The molecule has 1 aliphatic carbocycles. The first-order valence-electron chi connectivity index (χ1n) is 16.5. The first kappa shape index (κ1) is 34.3. The van der Waals surface area contributed by atoms with Gasteiger partial charge in [0, 0.05) is 32.2 Å². The fourth-order valence-electron chi connectivity index (χ4n) is 6.70. The number of rotatable bonds is 19. The summed E-state index contributed by atoms with van der Waals surface area (Å²) in [6.45, 7) is 5.24. The molecular formula is C35H54N3O6+. The maximum absolute atomic E-state index is 11.0. The SMILES string of the molecule is CCCCC1[OH+][C-](CCc2ccc(O)c(OCC(O)C3=C[C+](C(C4CCCC4)C(CNC)NCC(C)O)C=N3)c2)C=C1CO. The van der Waals surface area contributed by atoms with Crippen molar-refractivity contribution in [3.63, 3.8) is 0 Å². The molecule has 4 rings (SSSR count). The van der Waals surface area contributed by atoms with Crippen LogP contribution in [0.1, 0.15) is 70.8 Å². The molecule has 5 atom stereocenters. The summed E-state index contributed by atoms with van der Waals surface area (Å²) in [5.41, 5.74) is 2.55. The summed E-state index contributed by atoms with van der Waals surface area (Å²) in [7, 11) is 1.94. The second kappa shape index (κ2) is 17.2. The zero-order valence-corrected chi connectivity index (χ0v) is 26.7. The van der Waals surface area contributed by atoms with Gasteiger partial charge in [-0.05, 0) is 69.7 Å². The van der Waals surface area contributed by atoms with Crippen molar-refractivity contribution in [3.8, 4) is 11.5 Å². The van der Waals surface area contributed by atoms with Gasteiger partial charge >= 0.3 is 0 Å². The smallest absolute Gasteiger partial charge is 0.207 e. The lowest BCUT2D eigenvalue weighted by atomic mass is 9.76. The van der Waals surface area contributed by atoms with Crippen LogP contribution in [0.5, 0.6) is 11.5 Å². The average Bonchev–Trinajstić information content (AvgIpc) is 3.80. The summed E-state index contributed by atoms with van der Waals surface area (Å²) in [5.74, 6) is 2.18. The number of benzene rings is 1. The lowest BCUT2D eigenvalue weighted by molar-refractivity contribution is -0.0550. The number of aliphatic hydroxyl groups is 5. The van der Waals surface area contributed by atoms with E-state index in [4.69, 9.17) is 9.47 Å². The highest BCUT2D eigenvalue weighted by atomic mass is 16.5. The molecule has 1 aromatic rings. The lowest BCUT2D eigenvalue weighted by Crippen LogP contribution is -2.49.